The predicted molar refractivity (Wildman–Crippen MR) is 64.1 cm³/mol. The number of nitrogens with zero attached hydrogens (tertiary/aromatic N) is 1. The van der Waals surface area contributed by atoms with Gasteiger partial charge >= 0.3 is 0 Å². The number of nitrogens with one attached hydrogen (secondary N) is 1. The van der Waals surface area contributed by atoms with Crippen LogP contribution in [0.3, 0.4) is 0 Å². The highest BCUT2D eigenvalue weighted by Crippen LogP contribution is 2.19. The molecule has 90 valence electrons. The van der Waals surface area contributed by atoms with Gasteiger partial charge in [0.25, 0.3) is 0 Å². The van der Waals surface area contributed by atoms with Crippen LogP contribution in [0, 0.1) is 0 Å². The first kappa shape index (κ1) is 12.9. The Kier molecular flexibility index (Phi) is 6.22. The second kappa shape index (κ2) is 7.20. The lowest BCUT2D eigenvalue weighted by atomic mass is 9.99. The zero-order chi connectivity index (χ0) is 11.1. The monoisotopic (exact) mass is 214 g/mol. The molecular weight excluding hydrogens is 188 g/mol. The van der Waals surface area contributed by atoms with Crippen LogP contribution < -0.4 is 5.32 Å². The Labute approximate surface area is 93.9 Å². The minimum Gasteiger partial charge on any atom is -0.395 e. The van der Waals surface area contributed by atoms with Gasteiger partial charge in [0.15, 0.2) is 0 Å². The molecule has 0 amide bonds. The van der Waals surface area contributed by atoms with Gasteiger partial charge in [0.05, 0.1) is 6.61 Å². The normalized spacial score (nSPS) is 25.4. The molecule has 0 aromatic carbocycles. The van der Waals surface area contributed by atoms with Gasteiger partial charge in [-0.05, 0) is 32.4 Å². The average Bonchev–Trinajstić information content (AvgIpc) is 2.29. The summed E-state index contributed by atoms with van der Waals surface area (Å²) in [4.78, 5) is 2.55. The summed E-state index contributed by atoms with van der Waals surface area (Å²) in [6.07, 6.45) is 5.27. The van der Waals surface area contributed by atoms with Gasteiger partial charge in [-0.3, -0.25) is 4.90 Å². The summed E-state index contributed by atoms with van der Waals surface area (Å²) in [6, 6.07) is 0.994. The molecule has 0 spiro atoms. The highest BCUT2D eigenvalue weighted by molar-refractivity contribution is 4.80. The molecule has 1 heterocycles. The van der Waals surface area contributed by atoms with E-state index in [0.717, 1.165) is 19.1 Å². The Morgan fingerprint density at radius 1 is 1.40 bits per heavy atom. The molecule has 0 bridgehead atoms. The van der Waals surface area contributed by atoms with E-state index in [1.165, 1.54) is 32.2 Å². The molecule has 1 rings (SSSR count). The second-order valence-electron chi connectivity index (χ2n) is 4.49. The fourth-order valence-electron chi connectivity index (χ4n) is 2.52. The first-order chi connectivity index (χ1) is 7.31. The van der Waals surface area contributed by atoms with Crippen molar-refractivity contribution in [2.24, 2.45) is 0 Å². The quantitative estimate of drug-likeness (QED) is 0.698. The standard InChI is InChI=1S/C12H26N2O/c1-3-12-7-5-6-8-14(12)9-11(10-15)13-4-2/h11-13,15H,3-10H2,1-2H3. The van der Waals surface area contributed by atoms with Crippen molar-refractivity contribution in [1.29, 1.82) is 0 Å². The molecule has 3 nitrogen and oxygen atoms in total. The van der Waals surface area contributed by atoms with Crippen molar-refractivity contribution >= 4 is 0 Å². The molecule has 2 unspecified atom stereocenters. The summed E-state index contributed by atoms with van der Waals surface area (Å²) in [7, 11) is 0. The third kappa shape index (κ3) is 4.09. The largest absolute Gasteiger partial charge is 0.395 e. The number of hydrogen-bond donors (Lipinski definition) is 2. The Hall–Kier alpha value is -0.120. The smallest absolute Gasteiger partial charge is 0.0597 e. The van der Waals surface area contributed by atoms with E-state index in [9.17, 15) is 5.11 Å². The first-order valence-corrected chi connectivity index (χ1v) is 6.40. The number of likely N-dealkylation sites (tertiary alicyclic amines) is 1. The topological polar surface area (TPSA) is 35.5 Å². The summed E-state index contributed by atoms with van der Waals surface area (Å²) in [5.41, 5.74) is 0. The van der Waals surface area contributed by atoms with Gasteiger partial charge in [0.1, 0.15) is 0 Å². The van der Waals surface area contributed by atoms with Crippen LogP contribution in [0.5, 0.6) is 0 Å². The van der Waals surface area contributed by atoms with E-state index in [-0.39, 0.29) is 12.6 Å². The minimum atomic E-state index is 0.251. The summed E-state index contributed by atoms with van der Waals surface area (Å²) in [6.45, 7) is 7.76. The number of rotatable bonds is 6. The SMILES string of the molecule is CCNC(CO)CN1CCCCC1CC. The zero-order valence-electron chi connectivity index (χ0n) is 10.2. The lowest BCUT2D eigenvalue weighted by Crippen LogP contribution is -2.48. The van der Waals surface area contributed by atoms with Crippen molar-refractivity contribution in [2.75, 3.05) is 26.2 Å². The van der Waals surface area contributed by atoms with Crippen LogP contribution in [-0.4, -0.2) is 48.3 Å². The minimum absolute atomic E-state index is 0.251. The fourth-order valence-corrected chi connectivity index (χ4v) is 2.52. The van der Waals surface area contributed by atoms with Gasteiger partial charge in [-0.25, -0.2) is 0 Å². The Bertz CT molecular complexity index is 164. The molecular formula is C12H26N2O. The fraction of sp³-hybridized carbons (Fsp3) is 1.00. The Morgan fingerprint density at radius 3 is 2.80 bits per heavy atom. The third-order valence-corrected chi connectivity index (χ3v) is 3.39. The maximum Gasteiger partial charge on any atom is 0.0597 e. The molecule has 2 N–H and O–H groups in total. The van der Waals surface area contributed by atoms with E-state index in [0.29, 0.717) is 0 Å². The Morgan fingerprint density at radius 2 is 2.20 bits per heavy atom. The summed E-state index contributed by atoms with van der Waals surface area (Å²) in [5, 5.41) is 12.6. The number of aliphatic hydroxyl groups excluding tert-OH is 1. The van der Waals surface area contributed by atoms with E-state index < -0.39 is 0 Å². The third-order valence-electron chi connectivity index (χ3n) is 3.39. The highest BCUT2D eigenvalue weighted by atomic mass is 16.3. The van der Waals surface area contributed by atoms with Crippen molar-refractivity contribution in [1.82, 2.24) is 10.2 Å². The van der Waals surface area contributed by atoms with Gasteiger partial charge in [-0.1, -0.05) is 20.3 Å². The second-order valence-corrected chi connectivity index (χ2v) is 4.49. The maximum absolute atomic E-state index is 9.26. The van der Waals surface area contributed by atoms with Crippen molar-refractivity contribution in [3.8, 4) is 0 Å². The number of piperidine rings is 1. The van der Waals surface area contributed by atoms with E-state index in [1.807, 2.05) is 0 Å². The molecule has 0 aromatic heterocycles. The van der Waals surface area contributed by atoms with Crippen LogP contribution >= 0.6 is 0 Å². The molecule has 1 fully saturated rings. The molecule has 0 radical (unpaired) electrons. The van der Waals surface area contributed by atoms with Gasteiger partial charge in [-0.2, -0.15) is 0 Å². The average molecular weight is 214 g/mol. The predicted octanol–water partition coefficient (Wildman–Crippen LogP) is 1.22. The molecule has 0 saturated carbocycles. The summed E-state index contributed by atoms with van der Waals surface area (Å²) < 4.78 is 0. The lowest BCUT2D eigenvalue weighted by molar-refractivity contribution is 0.111. The van der Waals surface area contributed by atoms with E-state index in [2.05, 4.69) is 24.1 Å². The first-order valence-electron chi connectivity index (χ1n) is 6.40. The molecule has 0 aromatic rings. The van der Waals surface area contributed by atoms with Gasteiger partial charge in [-0.15, -0.1) is 0 Å². The van der Waals surface area contributed by atoms with Crippen molar-refractivity contribution in [3.63, 3.8) is 0 Å². The van der Waals surface area contributed by atoms with E-state index in [4.69, 9.17) is 0 Å². The van der Waals surface area contributed by atoms with Crippen LogP contribution in [0.15, 0.2) is 0 Å². The molecule has 1 saturated heterocycles. The molecule has 1 aliphatic heterocycles. The van der Waals surface area contributed by atoms with Crippen LogP contribution in [0.2, 0.25) is 0 Å². The van der Waals surface area contributed by atoms with Crippen LogP contribution in [0.4, 0.5) is 0 Å². The maximum atomic E-state index is 9.26. The number of aliphatic hydroxyl groups is 1. The van der Waals surface area contributed by atoms with E-state index >= 15 is 0 Å². The lowest BCUT2D eigenvalue weighted by Gasteiger charge is -2.37. The summed E-state index contributed by atoms with van der Waals surface area (Å²) in [5.74, 6) is 0. The van der Waals surface area contributed by atoms with Gasteiger partial charge in [0.2, 0.25) is 0 Å². The molecule has 1 aliphatic rings. The molecule has 3 heteroatoms. The van der Waals surface area contributed by atoms with Crippen molar-refractivity contribution in [2.45, 2.75) is 51.6 Å². The van der Waals surface area contributed by atoms with Crippen LogP contribution in [0.1, 0.15) is 39.5 Å². The Balaban J connectivity index is 2.38. The molecule has 2 atom stereocenters. The van der Waals surface area contributed by atoms with E-state index in [1.54, 1.807) is 0 Å². The summed E-state index contributed by atoms with van der Waals surface area (Å²) >= 11 is 0. The zero-order valence-corrected chi connectivity index (χ0v) is 10.2. The van der Waals surface area contributed by atoms with Gasteiger partial charge in [0, 0.05) is 18.6 Å². The number of hydrogen-bond acceptors (Lipinski definition) is 3. The van der Waals surface area contributed by atoms with Gasteiger partial charge < -0.3 is 10.4 Å². The number of likely N-dealkylation sites (N-methyl/N-ethyl adjacent to an activating group) is 1. The highest BCUT2D eigenvalue weighted by Gasteiger charge is 2.22. The van der Waals surface area contributed by atoms with Crippen molar-refractivity contribution in [3.05, 3.63) is 0 Å². The molecule has 15 heavy (non-hydrogen) atoms. The van der Waals surface area contributed by atoms with Crippen LogP contribution in [0.25, 0.3) is 0 Å². The van der Waals surface area contributed by atoms with Crippen LogP contribution in [-0.2, 0) is 0 Å². The van der Waals surface area contributed by atoms with Crippen molar-refractivity contribution < 1.29 is 5.11 Å². The molecule has 0 aliphatic carbocycles.